The Hall–Kier alpha value is -3.90. The summed E-state index contributed by atoms with van der Waals surface area (Å²) in [6.07, 6.45) is 2.71. The van der Waals surface area contributed by atoms with Crippen molar-refractivity contribution in [1.82, 2.24) is 4.57 Å². The van der Waals surface area contributed by atoms with Crippen LogP contribution in [0.1, 0.15) is 32.0 Å². The van der Waals surface area contributed by atoms with Crippen LogP contribution in [0.4, 0.5) is 15.8 Å². The first kappa shape index (κ1) is 21.9. The number of carbonyl (C=O) groups excluding carboxylic acids is 2. The van der Waals surface area contributed by atoms with Crippen LogP contribution in [0.25, 0.3) is 5.69 Å². The molecule has 1 aromatic heterocycles. The summed E-state index contributed by atoms with van der Waals surface area (Å²) in [6, 6.07) is 20.9. The summed E-state index contributed by atoms with van der Waals surface area (Å²) < 4.78 is 15.9. The minimum absolute atomic E-state index is 0.182. The number of benzene rings is 3. The highest BCUT2D eigenvalue weighted by Gasteiger charge is 2.25. The Kier molecular flexibility index (Phi) is 5.67. The van der Waals surface area contributed by atoms with Crippen LogP contribution in [-0.4, -0.2) is 22.9 Å². The number of rotatable bonds is 3. The number of aromatic nitrogens is 1. The lowest BCUT2D eigenvalue weighted by molar-refractivity contribution is 0.0986. The number of nitrogens with one attached hydrogen (secondary N) is 1. The summed E-state index contributed by atoms with van der Waals surface area (Å²) in [5.74, 6) is -1.11. The predicted octanol–water partition coefficient (Wildman–Crippen LogP) is 6.03. The molecule has 1 N–H and O–H groups in total. The van der Waals surface area contributed by atoms with Crippen molar-refractivity contribution >= 4 is 34.8 Å². The van der Waals surface area contributed by atoms with E-state index in [1.165, 1.54) is 12.1 Å². The van der Waals surface area contributed by atoms with E-state index < -0.39 is 11.7 Å². The Morgan fingerprint density at radius 1 is 0.971 bits per heavy atom. The number of hydrogen-bond acceptors (Lipinski definition) is 2. The monoisotopic (exact) mass is 473 g/mol. The van der Waals surface area contributed by atoms with Crippen LogP contribution in [0.2, 0.25) is 5.02 Å². The molecule has 0 saturated heterocycles. The quantitative estimate of drug-likeness (QED) is 0.395. The van der Waals surface area contributed by atoms with Crippen LogP contribution < -0.4 is 10.2 Å². The van der Waals surface area contributed by atoms with Gasteiger partial charge in [-0.3, -0.25) is 9.59 Å². The molecule has 34 heavy (non-hydrogen) atoms. The fourth-order valence-corrected chi connectivity index (χ4v) is 4.49. The van der Waals surface area contributed by atoms with Gasteiger partial charge in [-0.2, -0.15) is 0 Å². The molecule has 7 heteroatoms. The highest BCUT2D eigenvalue weighted by molar-refractivity contribution is 6.34. The van der Waals surface area contributed by atoms with Gasteiger partial charge in [-0.25, -0.2) is 4.39 Å². The third-order valence-corrected chi connectivity index (χ3v) is 6.39. The summed E-state index contributed by atoms with van der Waals surface area (Å²) in [5, 5.41) is 2.93. The van der Waals surface area contributed by atoms with Gasteiger partial charge in [-0.15, -0.1) is 0 Å². The standard InChI is InChI=1S/C27H21ClFN3O2/c1-17-20(7-4-8-22(17)29)26(33)30-23-12-11-18(16-21(23)28)27(34)32-15-13-19-6-5-14-31(19)24-9-2-3-10-25(24)32/h2-12,14,16H,13,15H2,1H3,(H,30,33). The van der Waals surface area contributed by atoms with Gasteiger partial charge in [0.1, 0.15) is 5.82 Å². The van der Waals surface area contributed by atoms with Crippen LogP contribution in [0.15, 0.2) is 79.0 Å². The number of fused-ring (bicyclic) bond motifs is 3. The molecule has 0 unspecified atom stereocenters. The van der Waals surface area contributed by atoms with E-state index in [1.807, 2.05) is 36.5 Å². The van der Waals surface area contributed by atoms with Gasteiger partial charge < -0.3 is 14.8 Å². The molecule has 0 aliphatic carbocycles. The molecule has 2 amide bonds. The topological polar surface area (TPSA) is 54.3 Å². The molecule has 4 aromatic rings. The number of para-hydroxylation sites is 2. The molecule has 0 spiro atoms. The van der Waals surface area contributed by atoms with Gasteiger partial charge in [0.15, 0.2) is 0 Å². The number of halogens is 2. The number of carbonyl (C=O) groups is 2. The van der Waals surface area contributed by atoms with Crippen LogP contribution >= 0.6 is 11.6 Å². The van der Waals surface area contributed by atoms with Crippen molar-refractivity contribution in [1.29, 1.82) is 0 Å². The maximum Gasteiger partial charge on any atom is 0.258 e. The second-order valence-electron chi connectivity index (χ2n) is 8.13. The van der Waals surface area contributed by atoms with Gasteiger partial charge in [0, 0.05) is 36.0 Å². The summed E-state index contributed by atoms with van der Waals surface area (Å²) >= 11 is 6.44. The molecule has 0 bridgehead atoms. The van der Waals surface area contributed by atoms with E-state index in [4.69, 9.17) is 11.6 Å². The van der Waals surface area contributed by atoms with Gasteiger partial charge in [0.05, 0.1) is 22.1 Å². The SMILES string of the molecule is Cc1c(F)cccc1C(=O)Nc1ccc(C(=O)N2CCc3cccn3-c3ccccc32)cc1Cl. The third-order valence-electron chi connectivity index (χ3n) is 6.08. The average molecular weight is 474 g/mol. The first-order chi connectivity index (χ1) is 16.4. The van der Waals surface area contributed by atoms with Crippen molar-refractivity contribution < 1.29 is 14.0 Å². The van der Waals surface area contributed by atoms with Crippen LogP contribution in [-0.2, 0) is 6.42 Å². The van der Waals surface area contributed by atoms with Crippen LogP contribution in [0.3, 0.4) is 0 Å². The number of anilines is 2. The maximum atomic E-state index is 13.8. The molecule has 1 aliphatic heterocycles. The first-order valence-electron chi connectivity index (χ1n) is 10.9. The lowest BCUT2D eigenvalue weighted by Gasteiger charge is -2.23. The largest absolute Gasteiger partial charge is 0.321 e. The number of nitrogens with zero attached hydrogens (tertiary/aromatic N) is 2. The van der Waals surface area contributed by atoms with E-state index >= 15 is 0 Å². The molecular weight excluding hydrogens is 453 g/mol. The molecule has 0 fully saturated rings. The lowest BCUT2D eigenvalue weighted by Crippen LogP contribution is -2.32. The van der Waals surface area contributed by atoms with Crippen molar-refractivity contribution in [2.24, 2.45) is 0 Å². The molecule has 5 nitrogen and oxygen atoms in total. The van der Waals surface area contributed by atoms with E-state index in [0.717, 1.165) is 17.1 Å². The summed E-state index contributed by atoms with van der Waals surface area (Å²) in [7, 11) is 0. The van der Waals surface area contributed by atoms with E-state index in [-0.39, 0.29) is 22.1 Å². The molecule has 170 valence electrons. The van der Waals surface area contributed by atoms with E-state index in [1.54, 1.807) is 36.1 Å². The normalized spacial score (nSPS) is 12.5. The van der Waals surface area contributed by atoms with Crippen molar-refractivity contribution in [2.75, 3.05) is 16.8 Å². The van der Waals surface area contributed by atoms with Gasteiger partial charge in [0.25, 0.3) is 11.8 Å². The van der Waals surface area contributed by atoms with Gasteiger partial charge in [0.2, 0.25) is 0 Å². The van der Waals surface area contributed by atoms with Gasteiger partial charge >= 0.3 is 0 Å². The van der Waals surface area contributed by atoms with E-state index in [9.17, 15) is 14.0 Å². The van der Waals surface area contributed by atoms with E-state index in [2.05, 4.69) is 16.0 Å². The zero-order chi connectivity index (χ0) is 23.8. The number of amides is 2. The Bertz CT molecular complexity index is 1430. The maximum absolute atomic E-state index is 13.8. The molecular formula is C27H21ClFN3O2. The zero-order valence-corrected chi connectivity index (χ0v) is 19.1. The molecule has 0 saturated carbocycles. The first-order valence-corrected chi connectivity index (χ1v) is 11.3. The highest BCUT2D eigenvalue weighted by Crippen LogP contribution is 2.32. The minimum atomic E-state index is -0.471. The van der Waals surface area contributed by atoms with Crippen molar-refractivity contribution in [2.45, 2.75) is 13.3 Å². The summed E-state index contributed by atoms with van der Waals surface area (Å²) in [4.78, 5) is 27.9. The Morgan fingerprint density at radius 2 is 1.76 bits per heavy atom. The second-order valence-corrected chi connectivity index (χ2v) is 8.53. The van der Waals surface area contributed by atoms with Gasteiger partial charge in [-0.05, 0) is 67.1 Å². The smallest absolute Gasteiger partial charge is 0.258 e. The third kappa shape index (κ3) is 3.86. The molecule has 0 atom stereocenters. The fourth-order valence-electron chi connectivity index (χ4n) is 4.26. The summed E-state index contributed by atoms with van der Waals surface area (Å²) in [5.41, 5.74) is 4.12. The van der Waals surface area contributed by atoms with Crippen molar-refractivity contribution in [3.63, 3.8) is 0 Å². The predicted molar refractivity (Wildman–Crippen MR) is 132 cm³/mol. The Labute approximate surface area is 201 Å². The number of hydrogen-bond donors (Lipinski definition) is 1. The van der Waals surface area contributed by atoms with Crippen molar-refractivity contribution in [3.8, 4) is 5.69 Å². The molecule has 2 heterocycles. The van der Waals surface area contributed by atoms with Crippen molar-refractivity contribution in [3.05, 3.63) is 112 Å². The Morgan fingerprint density at radius 3 is 2.56 bits per heavy atom. The lowest BCUT2D eigenvalue weighted by atomic mass is 10.1. The molecule has 1 aliphatic rings. The van der Waals surface area contributed by atoms with Crippen LogP contribution in [0.5, 0.6) is 0 Å². The fraction of sp³-hybridized carbons (Fsp3) is 0.111. The molecule has 0 radical (unpaired) electrons. The average Bonchev–Trinajstić information content (AvgIpc) is 3.25. The van der Waals surface area contributed by atoms with Crippen LogP contribution in [0, 0.1) is 12.7 Å². The Balaban J connectivity index is 1.41. The second kappa shape index (κ2) is 8.80. The zero-order valence-electron chi connectivity index (χ0n) is 18.4. The summed E-state index contributed by atoms with van der Waals surface area (Å²) in [6.45, 7) is 2.07. The van der Waals surface area contributed by atoms with Gasteiger partial charge in [-0.1, -0.05) is 29.8 Å². The molecule has 5 rings (SSSR count). The molecule has 3 aromatic carbocycles. The highest BCUT2D eigenvalue weighted by atomic mass is 35.5. The minimum Gasteiger partial charge on any atom is -0.321 e. The van der Waals surface area contributed by atoms with E-state index in [0.29, 0.717) is 24.2 Å².